The monoisotopic (exact) mass is 595 g/mol. The summed E-state index contributed by atoms with van der Waals surface area (Å²) in [5.41, 5.74) is 3.63. The Bertz CT molecular complexity index is 1650. The predicted octanol–water partition coefficient (Wildman–Crippen LogP) is 4.27. The summed E-state index contributed by atoms with van der Waals surface area (Å²) >= 11 is 5.64. The lowest BCUT2D eigenvalue weighted by molar-refractivity contribution is -0.746. The Kier molecular flexibility index (Phi) is 9.02. The first kappa shape index (κ1) is 29.3. The Morgan fingerprint density at radius 2 is 1.58 bits per heavy atom. The third-order valence-electron chi connectivity index (χ3n) is 7.05. The zero-order valence-corrected chi connectivity index (χ0v) is 24.6. The smallest absolute Gasteiger partial charge is 0.307 e. The maximum atomic E-state index is 13.3. The minimum Gasteiger partial charge on any atom is -0.326 e. The zero-order chi connectivity index (χ0) is 30.3. The van der Waals surface area contributed by atoms with Crippen LogP contribution in [0.1, 0.15) is 40.5 Å². The van der Waals surface area contributed by atoms with Crippen molar-refractivity contribution in [2.75, 3.05) is 17.2 Å². The summed E-state index contributed by atoms with van der Waals surface area (Å²) in [4.78, 5) is 42.4. The highest BCUT2D eigenvalue weighted by molar-refractivity contribution is 7.80. The molecule has 1 unspecified atom stereocenters. The van der Waals surface area contributed by atoms with Crippen molar-refractivity contribution in [1.82, 2.24) is 15.1 Å². The largest absolute Gasteiger partial charge is 0.326 e. The number of carbonyl (C=O) groups excluding carboxylic acids is 3. The summed E-state index contributed by atoms with van der Waals surface area (Å²) in [7, 11) is 1.66. The fraction of sp³-hybridized carbons (Fsp3) is 0.188. The average molecular weight is 596 g/mol. The number of aryl methyl sites for hydroxylation is 1. The van der Waals surface area contributed by atoms with Crippen molar-refractivity contribution in [3.8, 4) is 0 Å². The lowest BCUT2D eigenvalue weighted by atomic mass is 10.1. The van der Waals surface area contributed by atoms with Crippen LogP contribution >= 0.6 is 12.2 Å². The number of nitrogens with one attached hydrogen (secondary N) is 2. The van der Waals surface area contributed by atoms with E-state index in [-0.39, 0.29) is 36.6 Å². The van der Waals surface area contributed by atoms with Gasteiger partial charge in [0.05, 0.1) is 6.42 Å². The summed E-state index contributed by atoms with van der Waals surface area (Å²) in [6, 6.07) is 25.3. The normalized spacial score (nSPS) is 14.9. The van der Waals surface area contributed by atoms with Gasteiger partial charge in [-0.15, -0.1) is 0 Å². The summed E-state index contributed by atoms with van der Waals surface area (Å²) in [6.45, 7) is 2.27. The van der Waals surface area contributed by atoms with Gasteiger partial charge in [0.25, 0.3) is 17.5 Å². The molecule has 218 valence electrons. The van der Waals surface area contributed by atoms with Gasteiger partial charge in [-0.25, -0.2) is 0 Å². The maximum Gasteiger partial charge on any atom is 0.307 e. The zero-order valence-electron chi connectivity index (χ0n) is 23.8. The first-order chi connectivity index (χ1) is 20.8. The second-order valence-corrected chi connectivity index (χ2v) is 10.3. The minimum atomic E-state index is -0.840. The van der Waals surface area contributed by atoms with Crippen molar-refractivity contribution in [3.63, 3.8) is 0 Å². The van der Waals surface area contributed by atoms with Crippen LogP contribution in [0.15, 0.2) is 89.5 Å². The van der Waals surface area contributed by atoms with Crippen LogP contribution in [0, 0.1) is 0 Å². The minimum absolute atomic E-state index is 0.0892. The van der Waals surface area contributed by atoms with Crippen LogP contribution in [-0.4, -0.2) is 50.5 Å². The van der Waals surface area contributed by atoms with E-state index in [1.807, 2.05) is 79.7 Å². The van der Waals surface area contributed by atoms with Crippen LogP contribution < -0.4 is 15.3 Å². The van der Waals surface area contributed by atoms with Gasteiger partial charge in [-0.3, -0.25) is 29.1 Å². The molecule has 1 fully saturated rings. The molecule has 1 aliphatic rings. The van der Waals surface area contributed by atoms with Gasteiger partial charge < -0.3 is 10.2 Å². The lowest BCUT2D eigenvalue weighted by Gasteiger charge is -2.21. The standard InChI is InChI=1S/C32H30N6O4S/c1-3-37-31(41)26(20-28(39)33-25-18-16-23(17-19-25)15-14-22-10-6-4-7-11-22)38(32(37)43)21-27-30(42-35-36(27)2)34-29(40)24-12-8-5-9-13-24/h4-19,26H,3,20-21H2,1-2H3,(H-,33,34,35,39,40)/p+1/b15-14+. The molecule has 1 aliphatic heterocycles. The van der Waals surface area contributed by atoms with Crippen LogP contribution in [0.5, 0.6) is 0 Å². The van der Waals surface area contributed by atoms with Crippen molar-refractivity contribution < 1.29 is 23.6 Å². The van der Waals surface area contributed by atoms with Gasteiger partial charge in [0.1, 0.15) is 12.6 Å². The summed E-state index contributed by atoms with van der Waals surface area (Å²) in [5, 5.41) is 9.87. The third-order valence-corrected chi connectivity index (χ3v) is 7.51. The first-order valence-electron chi connectivity index (χ1n) is 13.8. The van der Waals surface area contributed by atoms with E-state index < -0.39 is 6.04 Å². The number of anilines is 2. The van der Waals surface area contributed by atoms with Gasteiger partial charge in [-0.1, -0.05) is 72.8 Å². The van der Waals surface area contributed by atoms with Crippen molar-refractivity contribution in [2.45, 2.75) is 25.9 Å². The number of likely N-dealkylation sites (N-methyl/N-ethyl adjacent to an activating group) is 1. The molecule has 2 heterocycles. The Morgan fingerprint density at radius 1 is 0.953 bits per heavy atom. The molecule has 5 rings (SSSR count). The predicted molar refractivity (Wildman–Crippen MR) is 166 cm³/mol. The summed E-state index contributed by atoms with van der Waals surface area (Å²) in [5.74, 6) is -0.834. The Hall–Kier alpha value is -5.16. The van der Waals surface area contributed by atoms with E-state index in [4.69, 9.17) is 16.7 Å². The first-order valence-corrected chi connectivity index (χ1v) is 14.2. The number of hydrogen-bond acceptors (Lipinski definition) is 6. The molecule has 1 saturated heterocycles. The Morgan fingerprint density at radius 3 is 2.23 bits per heavy atom. The molecule has 10 nitrogen and oxygen atoms in total. The number of hydrogen-bond donors (Lipinski definition) is 2. The lowest BCUT2D eigenvalue weighted by Crippen LogP contribution is -2.43. The molecule has 0 saturated carbocycles. The van der Waals surface area contributed by atoms with Crippen molar-refractivity contribution >= 4 is 58.8 Å². The van der Waals surface area contributed by atoms with Gasteiger partial charge in [0.15, 0.2) is 12.2 Å². The number of thiocarbonyl (C=S) groups is 1. The topological polar surface area (TPSA) is 112 Å². The quantitative estimate of drug-likeness (QED) is 0.160. The molecule has 43 heavy (non-hydrogen) atoms. The third kappa shape index (κ3) is 6.84. The second kappa shape index (κ2) is 13.2. The second-order valence-electron chi connectivity index (χ2n) is 9.92. The highest BCUT2D eigenvalue weighted by Crippen LogP contribution is 2.25. The number of aromatic nitrogens is 2. The summed E-state index contributed by atoms with van der Waals surface area (Å²) < 4.78 is 6.85. The van der Waals surface area contributed by atoms with Gasteiger partial charge in [0.2, 0.25) is 11.2 Å². The van der Waals surface area contributed by atoms with Gasteiger partial charge in [-0.2, -0.15) is 0 Å². The average Bonchev–Trinajstić information content (AvgIpc) is 3.47. The molecule has 0 aliphatic carbocycles. The van der Waals surface area contributed by atoms with Gasteiger partial charge >= 0.3 is 5.88 Å². The highest BCUT2D eigenvalue weighted by atomic mass is 32.1. The SMILES string of the molecule is CCN1C(=O)C(CC(=O)Nc2ccc(/C=C/c3ccccc3)cc2)N(Cc2c(NC(=O)c3ccccc3)on[n+]2C)C1=S. The van der Waals surface area contributed by atoms with E-state index in [9.17, 15) is 14.4 Å². The molecule has 0 spiro atoms. The number of nitrogens with zero attached hydrogens (tertiary/aromatic N) is 4. The molecule has 3 amide bonds. The van der Waals surface area contributed by atoms with E-state index >= 15 is 0 Å². The molecule has 4 aromatic rings. The van der Waals surface area contributed by atoms with E-state index in [1.165, 1.54) is 9.58 Å². The van der Waals surface area contributed by atoms with E-state index in [2.05, 4.69) is 15.9 Å². The maximum absolute atomic E-state index is 13.3. The van der Waals surface area contributed by atoms with E-state index in [1.54, 1.807) is 36.2 Å². The van der Waals surface area contributed by atoms with Crippen LogP contribution in [-0.2, 0) is 23.2 Å². The molecule has 1 atom stereocenters. The van der Waals surface area contributed by atoms with Crippen LogP contribution in [0.3, 0.4) is 0 Å². The molecular weight excluding hydrogens is 564 g/mol. The van der Waals surface area contributed by atoms with Crippen LogP contribution in [0.25, 0.3) is 12.2 Å². The highest BCUT2D eigenvalue weighted by Gasteiger charge is 2.44. The number of amides is 3. The fourth-order valence-corrected chi connectivity index (χ4v) is 5.14. The Labute approximate surface area is 254 Å². The summed E-state index contributed by atoms with van der Waals surface area (Å²) in [6.07, 6.45) is 3.90. The van der Waals surface area contributed by atoms with E-state index in [0.29, 0.717) is 28.6 Å². The molecule has 1 aromatic heterocycles. The van der Waals surface area contributed by atoms with Crippen LogP contribution in [0.2, 0.25) is 0 Å². The number of rotatable bonds is 10. The fourth-order valence-electron chi connectivity index (χ4n) is 4.73. The molecule has 3 aromatic carbocycles. The van der Waals surface area contributed by atoms with Crippen molar-refractivity contribution in [3.05, 3.63) is 107 Å². The van der Waals surface area contributed by atoms with E-state index in [0.717, 1.165) is 11.1 Å². The molecule has 0 radical (unpaired) electrons. The molecule has 2 N–H and O–H groups in total. The van der Waals surface area contributed by atoms with Gasteiger partial charge in [-0.05, 0) is 59.2 Å². The van der Waals surface area contributed by atoms with Crippen molar-refractivity contribution in [1.29, 1.82) is 0 Å². The van der Waals surface area contributed by atoms with Gasteiger partial charge in [0, 0.05) is 17.8 Å². The molecule has 0 bridgehead atoms. The number of benzene rings is 3. The Balaban J connectivity index is 1.27. The van der Waals surface area contributed by atoms with Crippen LogP contribution in [0.4, 0.5) is 11.6 Å². The molecule has 11 heteroatoms. The molecular formula is C32H31N6O4S+. The van der Waals surface area contributed by atoms with Crippen molar-refractivity contribution in [2.24, 2.45) is 7.05 Å². The number of carbonyl (C=O) groups is 3.